The van der Waals surface area contributed by atoms with Crippen LogP contribution in [0.25, 0.3) is 0 Å². The zero-order valence-corrected chi connectivity index (χ0v) is 18.4. The molecule has 3 fully saturated rings. The van der Waals surface area contributed by atoms with Crippen LogP contribution in [0.5, 0.6) is 0 Å². The zero-order valence-electron chi connectivity index (χ0n) is 18.4. The predicted molar refractivity (Wildman–Crippen MR) is 112 cm³/mol. The van der Waals surface area contributed by atoms with E-state index >= 15 is 0 Å². The van der Waals surface area contributed by atoms with Gasteiger partial charge in [-0.3, -0.25) is 4.79 Å². The molecule has 0 aromatic heterocycles. The quantitative estimate of drug-likeness (QED) is 0.796. The molecule has 2 aliphatic heterocycles. The molecule has 0 aromatic carbocycles. The van der Waals surface area contributed by atoms with Crippen LogP contribution in [0.2, 0.25) is 0 Å². The second-order valence-corrected chi connectivity index (χ2v) is 10.3. The number of ether oxygens (including phenoxy) is 1. The topological polar surface area (TPSA) is 53.0 Å². The minimum Gasteiger partial charge on any atom is -0.391 e. The Labute approximate surface area is 171 Å². The number of aliphatic hydroxyl groups excluding tert-OH is 1. The van der Waals surface area contributed by atoms with Crippen molar-refractivity contribution in [3.63, 3.8) is 0 Å². The number of carbonyl (C=O) groups excluding carboxylic acids is 1. The first-order valence-electron chi connectivity index (χ1n) is 11.6. The van der Waals surface area contributed by atoms with Gasteiger partial charge in [0.2, 0.25) is 5.91 Å². The van der Waals surface area contributed by atoms with Crippen LogP contribution in [0.15, 0.2) is 0 Å². The van der Waals surface area contributed by atoms with Crippen molar-refractivity contribution in [1.82, 2.24) is 9.80 Å². The van der Waals surface area contributed by atoms with Crippen LogP contribution >= 0.6 is 0 Å². The Bertz CT molecular complexity index is 506. The molecular weight excluding hydrogens is 352 g/mol. The molecule has 5 nitrogen and oxygen atoms in total. The number of nitrogens with zero attached hydrogens (tertiary/aromatic N) is 2. The number of hydrogen-bond acceptors (Lipinski definition) is 4. The fourth-order valence-corrected chi connectivity index (χ4v) is 4.85. The van der Waals surface area contributed by atoms with Crippen molar-refractivity contribution in [3.05, 3.63) is 0 Å². The van der Waals surface area contributed by atoms with Gasteiger partial charge >= 0.3 is 0 Å². The maximum Gasteiger partial charge on any atom is 0.222 e. The van der Waals surface area contributed by atoms with Gasteiger partial charge in [0, 0.05) is 38.1 Å². The molecule has 0 bridgehead atoms. The SMILES string of the molecule is CCCN1CC[C@H]2CC(=O)N(CC3CC3)C[C@H](O)C(C)(C)COCCC[C@H]2C1. The molecule has 5 heteroatoms. The molecule has 3 atom stereocenters. The molecule has 28 heavy (non-hydrogen) atoms. The van der Waals surface area contributed by atoms with E-state index in [0.29, 0.717) is 37.3 Å². The van der Waals surface area contributed by atoms with Gasteiger partial charge in [0.05, 0.1) is 12.7 Å². The van der Waals surface area contributed by atoms with Crippen molar-refractivity contribution in [2.24, 2.45) is 23.2 Å². The summed E-state index contributed by atoms with van der Waals surface area (Å²) in [4.78, 5) is 17.8. The number of aliphatic hydroxyl groups is 1. The predicted octanol–water partition coefficient (Wildman–Crippen LogP) is 3.16. The minimum absolute atomic E-state index is 0.265. The minimum atomic E-state index is -0.543. The first-order valence-corrected chi connectivity index (χ1v) is 11.6. The molecule has 1 aliphatic carbocycles. The molecule has 0 radical (unpaired) electrons. The van der Waals surface area contributed by atoms with Gasteiger partial charge in [-0.15, -0.1) is 0 Å². The summed E-state index contributed by atoms with van der Waals surface area (Å²) in [6.07, 6.45) is 7.08. The second kappa shape index (κ2) is 9.90. The van der Waals surface area contributed by atoms with E-state index in [1.54, 1.807) is 0 Å². The Balaban J connectivity index is 1.71. The van der Waals surface area contributed by atoms with Crippen molar-refractivity contribution in [3.8, 4) is 0 Å². The van der Waals surface area contributed by atoms with Gasteiger partial charge in [-0.25, -0.2) is 0 Å². The van der Waals surface area contributed by atoms with E-state index in [-0.39, 0.29) is 11.3 Å². The lowest BCUT2D eigenvalue weighted by Crippen LogP contribution is -2.47. The zero-order chi connectivity index (χ0) is 20.1. The lowest BCUT2D eigenvalue weighted by Gasteiger charge is -2.39. The number of amides is 1. The smallest absolute Gasteiger partial charge is 0.222 e. The summed E-state index contributed by atoms with van der Waals surface area (Å²) >= 11 is 0. The largest absolute Gasteiger partial charge is 0.391 e. The third kappa shape index (κ3) is 6.17. The summed E-state index contributed by atoms with van der Waals surface area (Å²) < 4.78 is 5.97. The van der Waals surface area contributed by atoms with Crippen molar-refractivity contribution in [2.75, 3.05) is 45.9 Å². The van der Waals surface area contributed by atoms with Crippen LogP contribution in [0.1, 0.15) is 65.7 Å². The summed E-state index contributed by atoms with van der Waals surface area (Å²) in [6.45, 7) is 12.4. The number of carbonyl (C=O) groups is 1. The molecule has 0 unspecified atom stereocenters. The lowest BCUT2D eigenvalue weighted by molar-refractivity contribution is -0.136. The Hall–Kier alpha value is -0.650. The first-order chi connectivity index (χ1) is 13.4. The standard InChI is InChI=1S/C23H42N2O3/c1-4-10-24-11-9-19-13-22(27)25(14-18-7-8-18)16-21(26)23(2,3)17-28-12-5-6-20(19)15-24/h18-21,26H,4-17H2,1-3H3/t19-,20-,21-/m0/s1. The molecule has 1 amide bonds. The second-order valence-electron chi connectivity index (χ2n) is 10.3. The molecule has 1 saturated carbocycles. The maximum absolute atomic E-state index is 13.3. The van der Waals surface area contributed by atoms with E-state index in [0.717, 1.165) is 45.5 Å². The molecule has 2 saturated heterocycles. The van der Waals surface area contributed by atoms with Gasteiger partial charge in [-0.2, -0.15) is 0 Å². The van der Waals surface area contributed by atoms with Crippen molar-refractivity contribution >= 4 is 5.91 Å². The number of likely N-dealkylation sites (tertiary alicyclic amines) is 1. The lowest BCUT2D eigenvalue weighted by atomic mass is 9.80. The molecule has 3 aliphatic rings. The molecule has 3 rings (SSSR count). The highest BCUT2D eigenvalue weighted by atomic mass is 16.5. The van der Waals surface area contributed by atoms with E-state index in [4.69, 9.17) is 4.74 Å². The molecule has 1 N–H and O–H groups in total. The highest BCUT2D eigenvalue weighted by Crippen LogP contribution is 2.34. The first kappa shape index (κ1) is 22.0. The van der Waals surface area contributed by atoms with Crippen LogP contribution in [0.4, 0.5) is 0 Å². The summed E-state index contributed by atoms with van der Waals surface area (Å²) in [5, 5.41) is 10.9. The number of fused-ring (bicyclic) bond motifs is 1. The number of β-amino-alcohol motifs (C(OH)–C–C–N with tert-alkyl or cyclic N) is 1. The normalized spacial score (nSPS) is 33.5. The summed E-state index contributed by atoms with van der Waals surface area (Å²) in [5.74, 6) is 1.98. The third-order valence-corrected chi connectivity index (χ3v) is 7.11. The number of rotatable bonds is 4. The highest BCUT2D eigenvalue weighted by molar-refractivity contribution is 5.76. The number of hydrogen-bond donors (Lipinski definition) is 1. The number of piperidine rings is 1. The van der Waals surface area contributed by atoms with E-state index in [1.807, 2.05) is 4.90 Å². The molecule has 0 aromatic rings. The Morgan fingerprint density at radius 3 is 2.64 bits per heavy atom. The third-order valence-electron chi connectivity index (χ3n) is 7.11. The van der Waals surface area contributed by atoms with E-state index < -0.39 is 6.10 Å². The molecule has 0 spiro atoms. The van der Waals surface area contributed by atoms with Crippen LogP contribution in [-0.2, 0) is 9.53 Å². The van der Waals surface area contributed by atoms with E-state index in [1.165, 1.54) is 25.8 Å². The van der Waals surface area contributed by atoms with Gasteiger partial charge in [0.15, 0.2) is 0 Å². The fraction of sp³-hybridized carbons (Fsp3) is 0.957. The van der Waals surface area contributed by atoms with Crippen LogP contribution < -0.4 is 0 Å². The van der Waals surface area contributed by atoms with Crippen molar-refractivity contribution in [1.29, 1.82) is 0 Å². The van der Waals surface area contributed by atoms with Crippen LogP contribution in [0.3, 0.4) is 0 Å². The van der Waals surface area contributed by atoms with Gasteiger partial charge in [0.25, 0.3) is 0 Å². The molecule has 162 valence electrons. The maximum atomic E-state index is 13.3. The van der Waals surface area contributed by atoms with Crippen LogP contribution in [0, 0.1) is 23.2 Å². The van der Waals surface area contributed by atoms with E-state index in [9.17, 15) is 9.90 Å². The average molecular weight is 395 g/mol. The van der Waals surface area contributed by atoms with Crippen LogP contribution in [-0.4, -0.2) is 72.9 Å². The van der Waals surface area contributed by atoms with Crippen molar-refractivity contribution < 1.29 is 14.6 Å². The monoisotopic (exact) mass is 394 g/mol. The fourth-order valence-electron chi connectivity index (χ4n) is 4.85. The van der Waals surface area contributed by atoms with Crippen molar-refractivity contribution in [2.45, 2.75) is 71.8 Å². The Morgan fingerprint density at radius 2 is 1.93 bits per heavy atom. The summed E-state index contributed by atoms with van der Waals surface area (Å²) in [6, 6.07) is 0. The van der Waals surface area contributed by atoms with Gasteiger partial charge in [-0.1, -0.05) is 20.8 Å². The summed E-state index contributed by atoms with van der Waals surface area (Å²) in [7, 11) is 0. The molecular formula is C23H42N2O3. The highest BCUT2D eigenvalue weighted by Gasteiger charge is 2.36. The van der Waals surface area contributed by atoms with Gasteiger partial charge < -0.3 is 19.6 Å². The Kier molecular flexibility index (Phi) is 7.80. The van der Waals surface area contributed by atoms with Gasteiger partial charge in [0.1, 0.15) is 0 Å². The van der Waals surface area contributed by atoms with E-state index in [2.05, 4.69) is 25.7 Å². The van der Waals surface area contributed by atoms with Gasteiger partial charge in [-0.05, 0) is 69.4 Å². The molecule has 2 heterocycles. The Morgan fingerprint density at radius 1 is 1.14 bits per heavy atom. The average Bonchev–Trinajstić information content (AvgIpc) is 3.46. The summed E-state index contributed by atoms with van der Waals surface area (Å²) in [5.41, 5.74) is -0.333.